The Morgan fingerprint density at radius 1 is 1.62 bits per heavy atom. The predicted molar refractivity (Wildman–Crippen MR) is 62.4 cm³/mol. The van der Waals surface area contributed by atoms with Crippen molar-refractivity contribution in [3.63, 3.8) is 0 Å². The summed E-state index contributed by atoms with van der Waals surface area (Å²) in [5, 5.41) is 8.85. The first kappa shape index (κ1) is 10.6. The van der Waals surface area contributed by atoms with Gasteiger partial charge in [-0.3, -0.25) is 9.48 Å². The summed E-state index contributed by atoms with van der Waals surface area (Å²) >= 11 is 1.24. The zero-order chi connectivity index (χ0) is 11.7. The molecule has 84 valence electrons. The maximum absolute atomic E-state index is 11.7. The van der Waals surface area contributed by atoms with E-state index in [9.17, 15) is 4.79 Å². The van der Waals surface area contributed by atoms with Crippen molar-refractivity contribution in [2.75, 3.05) is 11.1 Å². The number of hydrogen-bond donors (Lipinski definition) is 2. The van der Waals surface area contributed by atoms with E-state index >= 15 is 0 Å². The number of nitrogen functional groups attached to an aromatic ring is 1. The second-order valence-corrected chi connectivity index (χ2v) is 4.22. The summed E-state index contributed by atoms with van der Waals surface area (Å²) in [7, 11) is 1.80. The molecule has 0 radical (unpaired) electrons. The van der Waals surface area contributed by atoms with Gasteiger partial charge in [-0.15, -0.1) is 11.3 Å². The molecule has 0 aliphatic rings. The Balaban J connectivity index is 2.16. The van der Waals surface area contributed by atoms with E-state index in [0.29, 0.717) is 16.5 Å². The van der Waals surface area contributed by atoms with Gasteiger partial charge in [-0.1, -0.05) is 0 Å². The third kappa shape index (κ3) is 2.03. The summed E-state index contributed by atoms with van der Waals surface area (Å²) in [6, 6.07) is 0. The smallest absolute Gasteiger partial charge is 0.275 e. The summed E-state index contributed by atoms with van der Waals surface area (Å²) in [5.41, 5.74) is 7.22. The molecule has 0 unspecified atom stereocenters. The number of anilines is 2. The van der Waals surface area contributed by atoms with Gasteiger partial charge in [-0.25, -0.2) is 4.98 Å². The van der Waals surface area contributed by atoms with Crippen LogP contribution in [-0.4, -0.2) is 20.7 Å². The third-order valence-electron chi connectivity index (χ3n) is 2.02. The number of carbonyl (C=O) groups is 1. The van der Waals surface area contributed by atoms with E-state index in [4.69, 9.17) is 5.73 Å². The van der Waals surface area contributed by atoms with Crippen molar-refractivity contribution >= 4 is 28.1 Å². The quantitative estimate of drug-likeness (QED) is 0.816. The largest absolute Gasteiger partial charge is 0.375 e. The number of rotatable bonds is 2. The van der Waals surface area contributed by atoms with Crippen molar-refractivity contribution in [2.45, 2.75) is 6.92 Å². The fourth-order valence-electron chi connectivity index (χ4n) is 1.30. The first-order valence-electron chi connectivity index (χ1n) is 4.59. The van der Waals surface area contributed by atoms with E-state index in [2.05, 4.69) is 15.4 Å². The van der Waals surface area contributed by atoms with Crippen molar-refractivity contribution in [3.8, 4) is 0 Å². The molecule has 2 aromatic rings. The van der Waals surface area contributed by atoms with Crippen LogP contribution in [0.4, 0.5) is 10.8 Å². The topological polar surface area (TPSA) is 85.8 Å². The number of nitrogens with two attached hydrogens (primary N) is 1. The van der Waals surface area contributed by atoms with Crippen LogP contribution >= 0.6 is 11.3 Å². The Labute approximate surface area is 96.1 Å². The number of hydrogen-bond acceptors (Lipinski definition) is 5. The minimum atomic E-state index is -0.274. The molecule has 0 bridgehead atoms. The summed E-state index contributed by atoms with van der Waals surface area (Å²) in [4.78, 5) is 15.6. The average molecular weight is 237 g/mol. The van der Waals surface area contributed by atoms with Gasteiger partial charge < -0.3 is 11.1 Å². The van der Waals surface area contributed by atoms with Crippen molar-refractivity contribution in [2.24, 2.45) is 7.05 Å². The Morgan fingerprint density at radius 3 is 2.88 bits per heavy atom. The number of nitrogens with zero attached hydrogens (tertiary/aromatic N) is 3. The molecule has 2 rings (SSSR count). The maximum Gasteiger partial charge on any atom is 0.275 e. The molecule has 3 N–H and O–H groups in total. The Morgan fingerprint density at radius 2 is 2.38 bits per heavy atom. The standard InChI is InChI=1S/C9H11N5OS/c1-5-6(3-14(2)13-5)11-8(15)7-4-16-9(10)12-7/h3-4H,1-2H3,(H2,10,12)(H,11,15). The highest BCUT2D eigenvalue weighted by Crippen LogP contribution is 2.15. The van der Waals surface area contributed by atoms with Crippen LogP contribution in [0, 0.1) is 6.92 Å². The van der Waals surface area contributed by atoms with Gasteiger partial charge in [0.25, 0.3) is 5.91 Å². The minimum absolute atomic E-state index is 0.274. The number of thiazole rings is 1. The molecule has 0 saturated carbocycles. The van der Waals surface area contributed by atoms with E-state index in [1.807, 2.05) is 6.92 Å². The van der Waals surface area contributed by atoms with Crippen LogP contribution in [0.5, 0.6) is 0 Å². The zero-order valence-electron chi connectivity index (χ0n) is 8.89. The first-order chi connectivity index (χ1) is 7.56. The van der Waals surface area contributed by atoms with Gasteiger partial charge in [0, 0.05) is 18.6 Å². The lowest BCUT2D eigenvalue weighted by Crippen LogP contribution is -2.12. The first-order valence-corrected chi connectivity index (χ1v) is 5.47. The molecular weight excluding hydrogens is 226 g/mol. The van der Waals surface area contributed by atoms with Crippen molar-refractivity contribution < 1.29 is 4.79 Å². The number of aromatic nitrogens is 3. The van der Waals surface area contributed by atoms with Gasteiger partial charge in [0.2, 0.25) is 0 Å². The SMILES string of the molecule is Cc1nn(C)cc1NC(=O)c1csc(N)n1. The fraction of sp³-hybridized carbons (Fsp3) is 0.222. The van der Waals surface area contributed by atoms with Crippen LogP contribution in [0.25, 0.3) is 0 Å². The lowest BCUT2D eigenvalue weighted by atomic mass is 10.3. The molecule has 2 heterocycles. The molecular formula is C9H11N5OS. The molecule has 0 aliphatic carbocycles. The highest BCUT2D eigenvalue weighted by atomic mass is 32.1. The van der Waals surface area contributed by atoms with Crippen LogP contribution in [-0.2, 0) is 7.05 Å². The van der Waals surface area contributed by atoms with Gasteiger partial charge in [-0.2, -0.15) is 5.10 Å². The molecule has 16 heavy (non-hydrogen) atoms. The number of amides is 1. The summed E-state index contributed by atoms with van der Waals surface area (Å²) in [6.07, 6.45) is 1.74. The highest BCUT2D eigenvalue weighted by molar-refractivity contribution is 7.13. The van der Waals surface area contributed by atoms with Gasteiger partial charge >= 0.3 is 0 Å². The maximum atomic E-state index is 11.7. The number of aryl methyl sites for hydroxylation is 2. The van der Waals surface area contributed by atoms with E-state index in [1.54, 1.807) is 23.3 Å². The molecule has 0 aliphatic heterocycles. The van der Waals surface area contributed by atoms with Crippen LogP contribution < -0.4 is 11.1 Å². The molecule has 0 aromatic carbocycles. The van der Waals surface area contributed by atoms with Gasteiger partial charge in [0.1, 0.15) is 5.69 Å². The number of nitrogens with one attached hydrogen (secondary N) is 1. The van der Waals surface area contributed by atoms with Gasteiger partial charge in [-0.05, 0) is 6.92 Å². The second-order valence-electron chi connectivity index (χ2n) is 3.33. The molecule has 1 amide bonds. The Hall–Kier alpha value is -1.89. The Bertz CT molecular complexity index is 530. The van der Waals surface area contributed by atoms with Gasteiger partial charge in [0.15, 0.2) is 5.13 Å². The van der Waals surface area contributed by atoms with Gasteiger partial charge in [0.05, 0.1) is 11.4 Å². The lowest BCUT2D eigenvalue weighted by Gasteiger charge is -1.99. The van der Waals surface area contributed by atoms with Crippen molar-refractivity contribution in [1.29, 1.82) is 0 Å². The minimum Gasteiger partial charge on any atom is -0.375 e. The van der Waals surface area contributed by atoms with E-state index in [1.165, 1.54) is 11.3 Å². The predicted octanol–water partition coefficient (Wildman–Crippen LogP) is 1.02. The molecule has 0 atom stereocenters. The van der Waals surface area contributed by atoms with Crippen LogP contribution in [0.1, 0.15) is 16.2 Å². The summed E-state index contributed by atoms with van der Waals surface area (Å²) in [5.74, 6) is -0.274. The monoisotopic (exact) mass is 237 g/mol. The van der Waals surface area contributed by atoms with Crippen molar-refractivity contribution in [1.82, 2.24) is 14.8 Å². The molecule has 0 spiro atoms. The fourth-order valence-corrected chi connectivity index (χ4v) is 1.84. The van der Waals surface area contributed by atoms with Crippen LogP contribution in [0.3, 0.4) is 0 Å². The molecule has 6 nitrogen and oxygen atoms in total. The Kier molecular flexibility index (Phi) is 2.61. The second kappa shape index (κ2) is 3.93. The molecule has 2 aromatic heterocycles. The summed E-state index contributed by atoms with van der Waals surface area (Å²) in [6.45, 7) is 1.82. The van der Waals surface area contributed by atoms with E-state index in [-0.39, 0.29) is 5.91 Å². The highest BCUT2D eigenvalue weighted by Gasteiger charge is 2.12. The summed E-state index contributed by atoms with van der Waals surface area (Å²) < 4.78 is 1.64. The van der Waals surface area contributed by atoms with Crippen molar-refractivity contribution in [3.05, 3.63) is 23.0 Å². The molecule has 0 fully saturated rings. The normalized spacial score (nSPS) is 10.4. The zero-order valence-corrected chi connectivity index (χ0v) is 9.71. The van der Waals surface area contributed by atoms with E-state index in [0.717, 1.165) is 5.69 Å². The van der Waals surface area contributed by atoms with Crippen LogP contribution in [0.2, 0.25) is 0 Å². The molecule has 7 heteroatoms. The van der Waals surface area contributed by atoms with E-state index < -0.39 is 0 Å². The van der Waals surface area contributed by atoms with Crippen LogP contribution in [0.15, 0.2) is 11.6 Å². The lowest BCUT2D eigenvalue weighted by molar-refractivity contribution is 0.102. The molecule has 0 saturated heterocycles. The number of carbonyl (C=O) groups excluding carboxylic acids is 1. The third-order valence-corrected chi connectivity index (χ3v) is 2.69. The average Bonchev–Trinajstić information content (AvgIpc) is 2.74.